The van der Waals surface area contributed by atoms with Gasteiger partial charge in [0, 0.05) is 18.7 Å². The molecule has 0 saturated carbocycles. The molecule has 1 heterocycles. The van der Waals surface area contributed by atoms with Crippen molar-refractivity contribution in [3.8, 4) is 0 Å². The van der Waals surface area contributed by atoms with Crippen LogP contribution in [-0.4, -0.2) is 9.55 Å². The second-order valence-electron chi connectivity index (χ2n) is 4.83. The molecule has 2 N–H and O–H groups in total. The monoisotopic (exact) mass is 269 g/mol. The summed E-state index contributed by atoms with van der Waals surface area (Å²) < 4.78 is 15.4. The number of benzene rings is 2. The number of halogens is 1. The van der Waals surface area contributed by atoms with Gasteiger partial charge < -0.3 is 10.3 Å². The van der Waals surface area contributed by atoms with E-state index in [0.29, 0.717) is 6.42 Å². The Bertz CT molecular complexity index is 762. The standard InChI is InChI=1S/C16H16FN3/c1-2-20-15-10-12(17)6-7-14(15)19-16(20)9-11-4-3-5-13(18)8-11/h3-8,10H,2,9,18H2,1H3. The van der Waals surface area contributed by atoms with E-state index in [-0.39, 0.29) is 5.82 Å². The summed E-state index contributed by atoms with van der Waals surface area (Å²) >= 11 is 0. The van der Waals surface area contributed by atoms with E-state index in [2.05, 4.69) is 4.98 Å². The summed E-state index contributed by atoms with van der Waals surface area (Å²) in [4.78, 5) is 4.61. The minimum Gasteiger partial charge on any atom is -0.399 e. The fourth-order valence-corrected chi connectivity index (χ4v) is 2.52. The molecule has 0 spiro atoms. The third-order valence-corrected chi connectivity index (χ3v) is 3.42. The molecule has 0 aliphatic rings. The van der Waals surface area contributed by atoms with Gasteiger partial charge in [0.05, 0.1) is 11.0 Å². The number of rotatable bonds is 3. The molecule has 0 amide bonds. The number of nitrogen functional groups attached to an aromatic ring is 1. The molecule has 3 nitrogen and oxygen atoms in total. The highest BCUT2D eigenvalue weighted by Gasteiger charge is 2.11. The van der Waals surface area contributed by atoms with Gasteiger partial charge in [-0.1, -0.05) is 12.1 Å². The van der Waals surface area contributed by atoms with Crippen LogP contribution in [0.1, 0.15) is 18.3 Å². The Labute approximate surface area is 116 Å². The van der Waals surface area contributed by atoms with E-state index in [0.717, 1.165) is 34.7 Å². The fraction of sp³-hybridized carbons (Fsp3) is 0.188. The Balaban J connectivity index is 2.07. The largest absolute Gasteiger partial charge is 0.399 e. The molecule has 0 atom stereocenters. The van der Waals surface area contributed by atoms with E-state index in [4.69, 9.17) is 5.73 Å². The topological polar surface area (TPSA) is 43.8 Å². The zero-order valence-corrected chi connectivity index (χ0v) is 11.3. The smallest absolute Gasteiger partial charge is 0.125 e. The number of aryl methyl sites for hydroxylation is 1. The molecule has 3 aromatic rings. The van der Waals surface area contributed by atoms with E-state index in [9.17, 15) is 4.39 Å². The Kier molecular flexibility index (Phi) is 3.14. The van der Waals surface area contributed by atoms with E-state index in [1.54, 1.807) is 6.07 Å². The Morgan fingerprint density at radius 1 is 1.20 bits per heavy atom. The van der Waals surface area contributed by atoms with E-state index in [1.807, 2.05) is 35.8 Å². The van der Waals surface area contributed by atoms with Gasteiger partial charge in [0.1, 0.15) is 11.6 Å². The molecule has 102 valence electrons. The van der Waals surface area contributed by atoms with Crippen molar-refractivity contribution in [2.75, 3.05) is 5.73 Å². The van der Waals surface area contributed by atoms with Gasteiger partial charge in [-0.2, -0.15) is 0 Å². The average molecular weight is 269 g/mol. The summed E-state index contributed by atoms with van der Waals surface area (Å²) in [5, 5.41) is 0. The summed E-state index contributed by atoms with van der Waals surface area (Å²) in [6.45, 7) is 2.80. The SMILES string of the molecule is CCn1c(Cc2cccc(N)c2)nc2ccc(F)cc21. The van der Waals surface area contributed by atoms with Crippen molar-refractivity contribution < 1.29 is 4.39 Å². The summed E-state index contributed by atoms with van der Waals surface area (Å²) in [5.74, 6) is 0.696. The third kappa shape index (κ3) is 2.25. The maximum absolute atomic E-state index is 13.4. The molecule has 0 radical (unpaired) electrons. The number of nitrogens with zero attached hydrogens (tertiary/aromatic N) is 2. The summed E-state index contributed by atoms with van der Waals surface area (Å²) in [7, 11) is 0. The quantitative estimate of drug-likeness (QED) is 0.741. The maximum Gasteiger partial charge on any atom is 0.125 e. The Morgan fingerprint density at radius 3 is 2.80 bits per heavy atom. The lowest BCUT2D eigenvalue weighted by atomic mass is 10.1. The van der Waals surface area contributed by atoms with Gasteiger partial charge in [-0.05, 0) is 42.8 Å². The zero-order valence-electron chi connectivity index (χ0n) is 11.3. The molecule has 0 bridgehead atoms. The molecule has 3 rings (SSSR count). The molecule has 0 aliphatic heterocycles. The molecule has 2 aromatic carbocycles. The molecular formula is C16H16FN3. The number of imidazole rings is 1. The highest BCUT2D eigenvalue weighted by atomic mass is 19.1. The Hall–Kier alpha value is -2.36. The van der Waals surface area contributed by atoms with Crippen LogP contribution in [0.25, 0.3) is 11.0 Å². The third-order valence-electron chi connectivity index (χ3n) is 3.42. The van der Waals surface area contributed by atoms with Crippen LogP contribution in [0.4, 0.5) is 10.1 Å². The first-order valence-corrected chi connectivity index (χ1v) is 6.66. The predicted molar refractivity (Wildman–Crippen MR) is 79.0 cm³/mol. The first-order chi connectivity index (χ1) is 9.67. The van der Waals surface area contributed by atoms with Gasteiger partial charge in [0.2, 0.25) is 0 Å². The molecular weight excluding hydrogens is 253 g/mol. The van der Waals surface area contributed by atoms with Crippen molar-refractivity contribution in [3.05, 3.63) is 59.7 Å². The molecule has 20 heavy (non-hydrogen) atoms. The second kappa shape index (κ2) is 4.96. The van der Waals surface area contributed by atoms with Crippen molar-refractivity contribution in [1.29, 1.82) is 0 Å². The average Bonchev–Trinajstić information content (AvgIpc) is 2.75. The van der Waals surface area contributed by atoms with Crippen LogP contribution in [0.2, 0.25) is 0 Å². The number of fused-ring (bicyclic) bond motifs is 1. The summed E-state index contributed by atoms with van der Waals surface area (Å²) in [6, 6.07) is 12.5. The first kappa shape index (κ1) is 12.7. The lowest BCUT2D eigenvalue weighted by Gasteiger charge is -2.06. The molecule has 0 unspecified atom stereocenters. The second-order valence-corrected chi connectivity index (χ2v) is 4.83. The van der Waals surface area contributed by atoms with Crippen molar-refractivity contribution in [1.82, 2.24) is 9.55 Å². The first-order valence-electron chi connectivity index (χ1n) is 6.66. The number of hydrogen-bond donors (Lipinski definition) is 1. The minimum absolute atomic E-state index is 0.234. The van der Waals surface area contributed by atoms with Crippen LogP contribution in [-0.2, 0) is 13.0 Å². The van der Waals surface area contributed by atoms with Crippen molar-refractivity contribution in [3.63, 3.8) is 0 Å². The molecule has 4 heteroatoms. The van der Waals surface area contributed by atoms with Crippen LogP contribution in [0, 0.1) is 5.82 Å². The highest BCUT2D eigenvalue weighted by molar-refractivity contribution is 5.76. The van der Waals surface area contributed by atoms with Gasteiger partial charge in [0.15, 0.2) is 0 Å². The minimum atomic E-state index is -0.234. The Morgan fingerprint density at radius 2 is 2.05 bits per heavy atom. The number of aromatic nitrogens is 2. The summed E-state index contributed by atoms with van der Waals surface area (Å²) in [5.41, 5.74) is 9.32. The molecule has 1 aromatic heterocycles. The number of anilines is 1. The van der Waals surface area contributed by atoms with Crippen LogP contribution < -0.4 is 5.73 Å². The van der Waals surface area contributed by atoms with Crippen molar-refractivity contribution in [2.24, 2.45) is 0 Å². The zero-order chi connectivity index (χ0) is 14.1. The highest BCUT2D eigenvalue weighted by Crippen LogP contribution is 2.20. The molecule has 0 aliphatic carbocycles. The van der Waals surface area contributed by atoms with E-state index >= 15 is 0 Å². The van der Waals surface area contributed by atoms with Crippen LogP contribution in [0.5, 0.6) is 0 Å². The maximum atomic E-state index is 13.4. The van der Waals surface area contributed by atoms with E-state index < -0.39 is 0 Å². The molecule has 0 saturated heterocycles. The van der Waals surface area contributed by atoms with Gasteiger partial charge in [-0.15, -0.1) is 0 Å². The van der Waals surface area contributed by atoms with E-state index in [1.165, 1.54) is 12.1 Å². The lowest BCUT2D eigenvalue weighted by molar-refractivity contribution is 0.628. The predicted octanol–water partition coefficient (Wildman–Crippen LogP) is 3.37. The van der Waals surface area contributed by atoms with Gasteiger partial charge >= 0.3 is 0 Å². The number of hydrogen-bond acceptors (Lipinski definition) is 2. The van der Waals surface area contributed by atoms with Gasteiger partial charge in [0.25, 0.3) is 0 Å². The van der Waals surface area contributed by atoms with Crippen molar-refractivity contribution >= 4 is 16.7 Å². The van der Waals surface area contributed by atoms with Gasteiger partial charge in [-0.3, -0.25) is 0 Å². The van der Waals surface area contributed by atoms with Crippen LogP contribution in [0.3, 0.4) is 0 Å². The molecule has 0 fully saturated rings. The summed E-state index contributed by atoms with van der Waals surface area (Å²) in [6.07, 6.45) is 0.690. The number of nitrogens with two attached hydrogens (primary N) is 1. The van der Waals surface area contributed by atoms with Crippen molar-refractivity contribution in [2.45, 2.75) is 19.9 Å². The van der Waals surface area contributed by atoms with Gasteiger partial charge in [-0.25, -0.2) is 9.37 Å². The van der Waals surface area contributed by atoms with Crippen LogP contribution >= 0.6 is 0 Å². The lowest BCUT2D eigenvalue weighted by Crippen LogP contribution is -2.03. The fourth-order valence-electron chi connectivity index (χ4n) is 2.52. The van der Waals surface area contributed by atoms with Crippen LogP contribution in [0.15, 0.2) is 42.5 Å². The normalized spacial score (nSPS) is 11.1.